The Bertz CT molecular complexity index is 348. The van der Waals surface area contributed by atoms with Gasteiger partial charge in [-0.3, -0.25) is 0 Å². The molecule has 0 aromatic rings. The Hall–Kier alpha value is -0.830. The lowest BCUT2D eigenvalue weighted by molar-refractivity contribution is -0.156. The van der Waals surface area contributed by atoms with Crippen molar-refractivity contribution < 1.29 is 15.0 Å². The molecule has 4 bridgehead atoms. The number of hydrogen-bond acceptors (Lipinski definition) is 2. The van der Waals surface area contributed by atoms with Crippen molar-refractivity contribution in [2.75, 3.05) is 0 Å². The predicted molar refractivity (Wildman–Crippen MR) is 74.7 cm³/mol. The predicted octanol–water partition coefficient (Wildman–Crippen LogP) is 3.23. The molecule has 4 aliphatic rings. The van der Waals surface area contributed by atoms with Crippen LogP contribution < -0.4 is 0 Å². The number of hydrogen-bond donors (Lipinski definition) is 2. The lowest BCUT2D eigenvalue weighted by atomic mass is 9.47. The maximum atomic E-state index is 10.3. The Morgan fingerprint density at radius 1 is 1.26 bits per heavy atom. The number of aliphatic carboxylic acids is 1. The van der Waals surface area contributed by atoms with Crippen LogP contribution in [-0.2, 0) is 4.79 Å². The lowest BCUT2D eigenvalue weighted by Gasteiger charge is -2.59. The second kappa shape index (κ2) is 5.28. The minimum atomic E-state index is -0.935. The number of aliphatic hydroxyl groups is 1. The second-order valence-corrected chi connectivity index (χ2v) is 6.85. The van der Waals surface area contributed by atoms with E-state index < -0.39 is 5.97 Å². The third-order valence-electron chi connectivity index (χ3n) is 5.47. The number of aliphatic hydroxyl groups excluding tert-OH is 1. The van der Waals surface area contributed by atoms with Gasteiger partial charge in [-0.25, -0.2) is 4.79 Å². The zero-order valence-electron chi connectivity index (χ0n) is 12.1. The maximum Gasteiger partial charge on any atom is 0.330 e. The Morgan fingerprint density at radius 3 is 2.11 bits per heavy atom. The van der Waals surface area contributed by atoms with E-state index in [1.54, 1.807) is 0 Å². The molecule has 0 heterocycles. The van der Waals surface area contributed by atoms with E-state index in [4.69, 9.17) is 5.11 Å². The lowest BCUT2D eigenvalue weighted by Crippen LogP contribution is -2.55. The molecule has 0 spiro atoms. The molecule has 108 valence electrons. The molecule has 0 aromatic carbocycles. The molecule has 0 saturated heterocycles. The number of carboxylic acid groups (broad SMARTS) is 1. The summed E-state index contributed by atoms with van der Waals surface area (Å²) in [5.41, 5.74) is 0.532. The SMILES string of the molecule is C=C(C)C(=O)O.CCC12CC3CC(CC(C3)C1O)C2. The van der Waals surface area contributed by atoms with Crippen molar-refractivity contribution in [1.82, 2.24) is 0 Å². The molecular weight excluding hydrogens is 240 g/mol. The number of rotatable bonds is 2. The van der Waals surface area contributed by atoms with Crippen molar-refractivity contribution in [2.45, 2.75) is 58.5 Å². The highest BCUT2D eigenvalue weighted by Crippen LogP contribution is 2.61. The molecule has 3 atom stereocenters. The first-order valence-electron chi connectivity index (χ1n) is 7.45. The summed E-state index contributed by atoms with van der Waals surface area (Å²) in [5, 5.41) is 18.2. The third kappa shape index (κ3) is 2.71. The summed E-state index contributed by atoms with van der Waals surface area (Å²) in [6.45, 7) is 6.88. The molecule has 0 radical (unpaired) electrons. The molecule has 3 heteroatoms. The maximum absolute atomic E-state index is 10.3. The van der Waals surface area contributed by atoms with Gasteiger partial charge >= 0.3 is 5.97 Å². The van der Waals surface area contributed by atoms with E-state index in [1.807, 2.05) is 0 Å². The van der Waals surface area contributed by atoms with Crippen molar-refractivity contribution >= 4 is 5.97 Å². The van der Waals surface area contributed by atoms with Crippen LogP contribution >= 0.6 is 0 Å². The van der Waals surface area contributed by atoms with Crippen molar-refractivity contribution in [1.29, 1.82) is 0 Å². The molecule has 3 nitrogen and oxygen atoms in total. The fourth-order valence-electron chi connectivity index (χ4n) is 4.68. The highest BCUT2D eigenvalue weighted by molar-refractivity contribution is 5.84. The van der Waals surface area contributed by atoms with Crippen LogP contribution in [0.3, 0.4) is 0 Å². The molecule has 19 heavy (non-hydrogen) atoms. The van der Waals surface area contributed by atoms with Crippen molar-refractivity contribution in [3.63, 3.8) is 0 Å². The van der Waals surface area contributed by atoms with Crippen LogP contribution in [0.2, 0.25) is 0 Å². The Labute approximate surface area is 115 Å². The topological polar surface area (TPSA) is 57.5 Å². The molecule has 0 amide bonds. The number of carboxylic acids is 1. The monoisotopic (exact) mass is 266 g/mol. The van der Waals surface area contributed by atoms with E-state index in [-0.39, 0.29) is 11.7 Å². The van der Waals surface area contributed by atoms with E-state index in [0.29, 0.717) is 11.3 Å². The minimum Gasteiger partial charge on any atom is -0.478 e. The summed E-state index contributed by atoms with van der Waals surface area (Å²) >= 11 is 0. The van der Waals surface area contributed by atoms with Crippen molar-refractivity contribution in [3.05, 3.63) is 12.2 Å². The van der Waals surface area contributed by atoms with E-state index in [1.165, 1.54) is 45.4 Å². The van der Waals surface area contributed by atoms with E-state index in [0.717, 1.165) is 11.8 Å². The molecule has 0 aromatic heterocycles. The largest absolute Gasteiger partial charge is 0.478 e. The van der Waals surface area contributed by atoms with Crippen LogP contribution in [0.25, 0.3) is 0 Å². The van der Waals surface area contributed by atoms with Gasteiger partial charge in [0.25, 0.3) is 0 Å². The standard InChI is InChI=1S/C12H20O.C4H6O2/c1-2-12-6-8-3-9(7-12)5-10(4-8)11(12)13;1-3(2)4(5)6/h8-11,13H,2-7H2,1H3;1H2,2H3,(H,5,6). The molecule has 0 aliphatic heterocycles. The fraction of sp³-hybridized carbons (Fsp3) is 0.812. The highest BCUT2D eigenvalue weighted by atomic mass is 16.4. The number of carbonyl (C=O) groups is 1. The third-order valence-corrected chi connectivity index (χ3v) is 5.47. The molecule has 4 rings (SSSR count). The zero-order valence-corrected chi connectivity index (χ0v) is 12.1. The Morgan fingerprint density at radius 2 is 1.74 bits per heavy atom. The zero-order chi connectivity index (χ0) is 14.2. The highest BCUT2D eigenvalue weighted by Gasteiger charge is 2.55. The molecule has 3 unspecified atom stereocenters. The summed E-state index contributed by atoms with van der Waals surface area (Å²) in [6, 6.07) is 0. The van der Waals surface area contributed by atoms with Gasteiger partial charge in [0.1, 0.15) is 0 Å². The van der Waals surface area contributed by atoms with Gasteiger partial charge in [-0.1, -0.05) is 13.5 Å². The molecule has 4 aliphatic carbocycles. The summed E-state index contributed by atoms with van der Waals surface area (Å²) in [5.74, 6) is 1.68. The minimum absolute atomic E-state index is 0.0466. The molecular formula is C16H26O3. The normalized spacial score (nSPS) is 42.5. The second-order valence-electron chi connectivity index (χ2n) is 6.85. The molecule has 4 saturated carbocycles. The average Bonchev–Trinajstić information content (AvgIpc) is 2.35. The Kier molecular flexibility index (Phi) is 4.05. The summed E-state index contributed by atoms with van der Waals surface area (Å²) in [7, 11) is 0. The van der Waals surface area contributed by atoms with Gasteiger partial charge in [0.05, 0.1) is 6.10 Å². The van der Waals surface area contributed by atoms with Crippen LogP contribution in [-0.4, -0.2) is 22.3 Å². The average molecular weight is 266 g/mol. The van der Waals surface area contributed by atoms with Crippen LogP contribution in [0.5, 0.6) is 0 Å². The van der Waals surface area contributed by atoms with E-state index >= 15 is 0 Å². The first kappa shape index (κ1) is 14.6. The van der Waals surface area contributed by atoms with Gasteiger partial charge in [0, 0.05) is 5.57 Å². The van der Waals surface area contributed by atoms with Crippen LogP contribution in [0.4, 0.5) is 0 Å². The van der Waals surface area contributed by atoms with Gasteiger partial charge in [-0.05, 0) is 68.6 Å². The van der Waals surface area contributed by atoms with Gasteiger partial charge in [0.2, 0.25) is 0 Å². The van der Waals surface area contributed by atoms with Gasteiger partial charge in [-0.2, -0.15) is 0 Å². The fourth-order valence-corrected chi connectivity index (χ4v) is 4.68. The van der Waals surface area contributed by atoms with E-state index in [9.17, 15) is 9.90 Å². The van der Waals surface area contributed by atoms with Crippen LogP contribution in [0, 0.1) is 23.2 Å². The smallest absolute Gasteiger partial charge is 0.330 e. The first-order chi connectivity index (χ1) is 8.88. The van der Waals surface area contributed by atoms with Crippen LogP contribution in [0.1, 0.15) is 52.4 Å². The quantitative estimate of drug-likeness (QED) is 0.754. The molecule has 2 N–H and O–H groups in total. The van der Waals surface area contributed by atoms with Crippen molar-refractivity contribution in [3.8, 4) is 0 Å². The summed E-state index contributed by atoms with van der Waals surface area (Å²) in [6.07, 6.45) is 8.06. The molecule has 4 fully saturated rings. The van der Waals surface area contributed by atoms with Gasteiger partial charge < -0.3 is 10.2 Å². The summed E-state index contributed by atoms with van der Waals surface area (Å²) < 4.78 is 0. The van der Waals surface area contributed by atoms with Crippen LogP contribution in [0.15, 0.2) is 12.2 Å². The van der Waals surface area contributed by atoms with Gasteiger partial charge in [-0.15, -0.1) is 0 Å². The van der Waals surface area contributed by atoms with Crippen molar-refractivity contribution in [2.24, 2.45) is 23.2 Å². The van der Waals surface area contributed by atoms with E-state index in [2.05, 4.69) is 13.5 Å². The Balaban J connectivity index is 0.000000192. The first-order valence-corrected chi connectivity index (χ1v) is 7.45. The van der Waals surface area contributed by atoms with Gasteiger partial charge in [0.15, 0.2) is 0 Å². The summed E-state index contributed by atoms with van der Waals surface area (Å²) in [4.78, 5) is 9.60.